The van der Waals surface area contributed by atoms with Gasteiger partial charge in [0.25, 0.3) is 0 Å². The third-order valence-corrected chi connectivity index (χ3v) is 2.19. The number of nitrogens with one attached hydrogen (secondary N) is 1. The number of hydrogen-bond donors (Lipinski definition) is 2. The molecule has 1 atom stereocenters. The van der Waals surface area contributed by atoms with Crippen molar-refractivity contribution in [3.8, 4) is 0 Å². The fourth-order valence-corrected chi connectivity index (χ4v) is 1.32. The van der Waals surface area contributed by atoms with Gasteiger partial charge in [0.2, 0.25) is 0 Å². The summed E-state index contributed by atoms with van der Waals surface area (Å²) in [5, 5.41) is 11.8. The van der Waals surface area contributed by atoms with Gasteiger partial charge in [-0.1, -0.05) is 42.5 Å². The minimum absolute atomic E-state index is 0.0807. The largest absolute Gasteiger partial charge is 0.481 e. The number of carboxylic acids is 1. The second kappa shape index (κ2) is 6.80. The molecule has 1 aromatic carbocycles. The molecule has 0 aliphatic carbocycles. The van der Waals surface area contributed by atoms with E-state index in [4.69, 9.17) is 5.11 Å². The van der Waals surface area contributed by atoms with Gasteiger partial charge < -0.3 is 10.4 Å². The average Bonchev–Trinajstić information content (AvgIpc) is 2.27. The Balaban J connectivity index is 2.27. The summed E-state index contributed by atoms with van der Waals surface area (Å²) in [5.41, 5.74) is 1.22. The van der Waals surface area contributed by atoms with Gasteiger partial charge >= 0.3 is 5.97 Å². The summed E-state index contributed by atoms with van der Waals surface area (Å²) in [7, 11) is 0. The van der Waals surface area contributed by atoms with E-state index in [1.807, 2.05) is 31.2 Å². The summed E-state index contributed by atoms with van der Waals surface area (Å²) >= 11 is 0. The van der Waals surface area contributed by atoms with Gasteiger partial charge in [-0.3, -0.25) is 4.79 Å². The molecule has 0 aliphatic heterocycles. The Labute approximate surface area is 95.8 Å². The maximum Gasteiger partial charge on any atom is 0.307 e. The van der Waals surface area contributed by atoms with Crippen molar-refractivity contribution in [2.24, 2.45) is 0 Å². The number of benzene rings is 1. The molecule has 3 nitrogen and oxygen atoms in total. The highest BCUT2D eigenvalue weighted by Gasteiger charge is 1.97. The Morgan fingerprint density at radius 3 is 2.75 bits per heavy atom. The van der Waals surface area contributed by atoms with E-state index in [1.54, 1.807) is 6.08 Å². The first kappa shape index (κ1) is 12.5. The molecule has 16 heavy (non-hydrogen) atoms. The summed E-state index contributed by atoms with van der Waals surface area (Å²) in [5.74, 6) is -0.800. The van der Waals surface area contributed by atoms with E-state index in [-0.39, 0.29) is 12.5 Å². The van der Waals surface area contributed by atoms with Crippen LogP contribution in [0.4, 0.5) is 0 Å². The second-order valence-electron chi connectivity index (χ2n) is 3.68. The van der Waals surface area contributed by atoms with Gasteiger partial charge in [-0.25, -0.2) is 0 Å². The molecule has 0 saturated heterocycles. The lowest BCUT2D eigenvalue weighted by Gasteiger charge is -2.09. The van der Waals surface area contributed by atoms with Crippen molar-refractivity contribution in [3.63, 3.8) is 0 Å². The molecule has 0 aliphatic rings. The molecule has 0 aromatic heterocycles. The van der Waals surface area contributed by atoms with Gasteiger partial charge in [-0.15, -0.1) is 0 Å². The van der Waals surface area contributed by atoms with Gasteiger partial charge in [-0.2, -0.15) is 0 Å². The standard InChI is InChI=1S/C13H17NO2/c1-11(6-5-9-13(15)16)14-10-12-7-3-2-4-8-12/h2-8,11,14H,9-10H2,1H3,(H,15,16). The van der Waals surface area contributed by atoms with Crippen molar-refractivity contribution in [1.29, 1.82) is 0 Å². The lowest BCUT2D eigenvalue weighted by molar-refractivity contribution is -0.136. The molecule has 0 amide bonds. The quantitative estimate of drug-likeness (QED) is 0.721. The highest BCUT2D eigenvalue weighted by atomic mass is 16.4. The molecule has 1 unspecified atom stereocenters. The zero-order chi connectivity index (χ0) is 11.8. The van der Waals surface area contributed by atoms with E-state index in [2.05, 4.69) is 17.4 Å². The summed E-state index contributed by atoms with van der Waals surface area (Å²) in [6.07, 6.45) is 3.62. The van der Waals surface area contributed by atoms with Crippen LogP contribution in [0.3, 0.4) is 0 Å². The van der Waals surface area contributed by atoms with E-state index in [0.29, 0.717) is 0 Å². The molecule has 0 fully saturated rings. The highest BCUT2D eigenvalue weighted by molar-refractivity contribution is 5.68. The molecule has 0 saturated carbocycles. The number of carboxylic acid groups (broad SMARTS) is 1. The van der Waals surface area contributed by atoms with Crippen molar-refractivity contribution in [3.05, 3.63) is 48.0 Å². The molecular formula is C13H17NO2. The van der Waals surface area contributed by atoms with Gasteiger partial charge in [0.1, 0.15) is 0 Å². The third kappa shape index (κ3) is 5.32. The lowest BCUT2D eigenvalue weighted by Crippen LogP contribution is -2.23. The average molecular weight is 219 g/mol. The van der Waals surface area contributed by atoms with Crippen molar-refractivity contribution in [1.82, 2.24) is 5.32 Å². The van der Waals surface area contributed by atoms with Crippen molar-refractivity contribution in [2.75, 3.05) is 0 Å². The predicted octanol–water partition coefficient (Wildman–Crippen LogP) is 2.20. The Kier molecular flexibility index (Phi) is 5.29. The molecule has 1 rings (SSSR count). The SMILES string of the molecule is CC(C=CCC(=O)O)NCc1ccccc1. The second-order valence-corrected chi connectivity index (χ2v) is 3.68. The Hall–Kier alpha value is -1.61. The summed E-state index contributed by atoms with van der Waals surface area (Å²) in [6.45, 7) is 2.79. The van der Waals surface area contributed by atoms with Crippen LogP contribution in [0.25, 0.3) is 0 Å². The molecule has 3 heteroatoms. The minimum Gasteiger partial charge on any atom is -0.481 e. The van der Waals surface area contributed by atoms with Crippen LogP contribution in [0.1, 0.15) is 18.9 Å². The topological polar surface area (TPSA) is 49.3 Å². The molecule has 0 heterocycles. The Morgan fingerprint density at radius 1 is 1.44 bits per heavy atom. The maximum absolute atomic E-state index is 10.3. The van der Waals surface area contributed by atoms with Crippen molar-refractivity contribution >= 4 is 5.97 Å². The number of aliphatic carboxylic acids is 1. The first-order chi connectivity index (χ1) is 7.68. The van der Waals surface area contributed by atoms with Crippen LogP contribution in [0, 0.1) is 0 Å². The summed E-state index contributed by atoms with van der Waals surface area (Å²) in [6, 6.07) is 10.3. The number of hydrogen-bond acceptors (Lipinski definition) is 2. The van der Waals surface area contributed by atoms with Gasteiger partial charge in [0.15, 0.2) is 0 Å². The third-order valence-electron chi connectivity index (χ3n) is 2.19. The van der Waals surface area contributed by atoms with E-state index in [9.17, 15) is 4.79 Å². The maximum atomic E-state index is 10.3. The van der Waals surface area contributed by atoms with Crippen LogP contribution >= 0.6 is 0 Å². The zero-order valence-electron chi connectivity index (χ0n) is 9.39. The molecule has 0 spiro atoms. The van der Waals surface area contributed by atoms with Gasteiger partial charge in [0, 0.05) is 12.6 Å². The van der Waals surface area contributed by atoms with E-state index < -0.39 is 5.97 Å². The van der Waals surface area contributed by atoms with Gasteiger partial charge in [-0.05, 0) is 12.5 Å². The molecule has 2 N–H and O–H groups in total. The smallest absolute Gasteiger partial charge is 0.307 e. The summed E-state index contributed by atoms with van der Waals surface area (Å²) < 4.78 is 0. The van der Waals surface area contributed by atoms with Crippen LogP contribution in [0.2, 0.25) is 0 Å². The molecule has 86 valence electrons. The molecule has 0 bridgehead atoms. The highest BCUT2D eigenvalue weighted by Crippen LogP contribution is 1.98. The van der Waals surface area contributed by atoms with Crippen LogP contribution in [-0.4, -0.2) is 17.1 Å². The Bertz CT molecular complexity index is 346. The molecule has 0 radical (unpaired) electrons. The first-order valence-corrected chi connectivity index (χ1v) is 5.34. The van der Waals surface area contributed by atoms with E-state index in [1.165, 1.54) is 5.56 Å². The van der Waals surface area contributed by atoms with Crippen molar-refractivity contribution in [2.45, 2.75) is 25.9 Å². The van der Waals surface area contributed by atoms with Crippen LogP contribution in [-0.2, 0) is 11.3 Å². The normalized spacial score (nSPS) is 12.8. The van der Waals surface area contributed by atoms with Crippen molar-refractivity contribution < 1.29 is 9.90 Å². The van der Waals surface area contributed by atoms with E-state index >= 15 is 0 Å². The van der Waals surface area contributed by atoms with Gasteiger partial charge in [0.05, 0.1) is 6.42 Å². The number of carbonyl (C=O) groups is 1. The fourth-order valence-electron chi connectivity index (χ4n) is 1.32. The van der Waals surface area contributed by atoms with Crippen LogP contribution in [0.5, 0.6) is 0 Å². The molecule has 1 aromatic rings. The fraction of sp³-hybridized carbons (Fsp3) is 0.308. The monoisotopic (exact) mass is 219 g/mol. The van der Waals surface area contributed by atoms with E-state index in [0.717, 1.165) is 6.54 Å². The minimum atomic E-state index is -0.800. The number of rotatable bonds is 6. The zero-order valence-corrected chi connectivity index (χ0v) is 9.39. The van der Waals surface area contributed by atoms with Crippen LogP contribution in [0.15, 0.2) is 42.5 Å². The van der Waals surface area contributed by atoms with Crippen LogP contribution < -0.4 is 5.32 Å². The Morgan fingerprint density at radius 2 is 2.12 bits per heavy atom. The lowest BCUT2D eigenvalue weighted by atomic mass is 10.2. The predicted molar refractivity (Wildman–Crippen MR) is 64.1 cm³/mol. The molecular weight excluding hydrogens is 202 g/mol. The summed E-state index contributed by atoms with van der Waals surface area (Å²) in [4.78, 5) is 10.3. The first-order valence-electron chi connectivity index (χ1n) is 5.34.